The van der Waals surface area contributed by atoms with Crippen LogP contribution < -0.4 is 5.32 Å². The predicted octanol–water partition coefficient (Wildman–Crippen LogP) is 1.80. The fraction of sp³-hybridized carbons (Fsp3) is 0.231. The lowest BCUT2D eigenvalue weighted by Gasteiger charge is -1.98. The van der Waals surface area contributed by atoms with Gasteiger partial charge >= 0.3 is 0 Å². The minimum Gasteiger partial charge on any atom is -0.352 e. The summed E-state index contributed by atoms with van der Waals surface area (Å²) < 4.78 is 0. The van der Waals surface area contributed by atoms with Crippen molar-refractivity contribution in [3.05, 3.63) is 42.0 Å². The molecule has 0 unspecified atom stereocenters. The minimum atomic E-state index is -0.176. The van der Waals surface area contributed by atoms with Gasteiger partial charge in [0.25, 0.3) is 0 Å². The summed E-state index contributed by atoms with van der Waals surface area (Å²) in [6.45, 7) is 1.90. The number of carbonyl (C=O) groups excluding carboxylic acids is 2. The van der Waals surface area contributed by atoms with Crippen LogP contribution in [0.2, 0.25) is 0 Å². The van der Waals surface area contributed by atoms with Gasteiger partial charge < -0.3 is 5.32 Å². The van der Waals surface area contributed by atoms with Crippen molar-refractivity contribution in [3.8, 4) is 0 Å². The molecular formula is C13H15NO2. The second-order valence-corrected chi connectivity index (χ2v) is 3.49. The minimum absolute atomic E-state index is 0.0762. The van der Waals surface area contributed by atoms with E-state index in [1.807, 2.05) is 30.3 Å². The lowest BCUT2D eigenvalue weighted by atomic mass is 10.2. The Kier molecular flexibility index (Phi) is 4.99. The van der Waals surface area contributed by atoms with Gasteiger partial charge in [0, 0.05) is 19.0 Å². The summed E-state index contributed by atoms with van der Waals surface area (Å²) in [7, 11) is 0. The van der Waals surface area contributed by atoms with E-state index >= 15 is 0 Å². The predicted molar refractivity (Wildman–Crippen MR) is 63.8 cm³/mol. The molecule has 84 valence electrons. The lowest BCUT2D eigenvalue weighted by molar-refractivity contribution is -0.117. The first-order valence-corrected chi connectivity index (χ1v) is 5.19. The van der Waals surface area contributed by atoms with Gasteiger partial charge in [0.2, 0.25) is 5.91 Å². The van der Waals surface area contributed by atoms with Crippen molar-refractivity contribution in [3.63, 3.8) is 0 Å². The van der Waals surface area contributed by atoms with E-state index in [1.165, 1.54) is 13.0 Å². The van der Waals surface area contributed by atoms with Crippen LogP contribution in [-0.4, -0.2) is 18.2 Å². The van der Waals surface area contributed by atoms with Crippen LogP contribution in [0, 0.1) is 0 Å². The summed E-state index contributed by atoms with van der Waals surface area (Å²) in [5.74, 6) is -0.0996. The van der Waals surface area contributed by atoms with Crippen LogP contribution in [0.3, 0.4) is 0 Å². The van der Waals surface area contributed by atoms with E-state index in [0.29, 0.717) is 13.0 Å². The Morgan fingerprint density at radius 2 is 1.94 bits per heavy atom. The maximum atomic E-state index is 11.3. The molecule has 0 aliphatic heterocycles. The number of nitrogens with one attached hydrogen (secondary N) is 1. The number of rotatable bonds is 5. The first-order valence-electron chi connectivity index (χ1n) is 5.19. The smallest absolute Gasteiger partial charge is 0.244 e. The van der Waals surface area contributed by atoms with Crippen molar-refractivity contribution in [2.75, 3.05) is 6.54 Å². The maximum absolute atomic E-state index is 11.3. The quantitative estimate of drug-likeness (QED) is 0.764. The Morgan fingerprint density at radius 3 is 2.56 bits per heavy atom. The van der Waals surface area contributed by atoms with Gasteiger partial charge in [-0.15, -0.1) is 0 Å². The SMILES string of the molecule is CC(=O)CCNC(=O)/C=C/c1ccccc1. The van der Waals surface area contributed by atoms with Crippen LogP contribution in [0.4, 0.5) is 0 Å². The molecule has 1 rings (SSSR count). The maximum Gasteiger partial charge on any atom is 0.244 e. The summed E-state index contributed by atoms with van der Waals surface area (Å²) >= 11 is 0. The number of hydrogen-bond acceptors (Lipinski definition) is 2. The largest absolute Gasteiger partial charge is 0.352 e. The normalized spacial score (nSPS) is 10.3. The molecule has 0 bridgehead atoms. The molecule has 0 aliphatic carbocycles. The zero-order chi connectivity index (χ0) is 11.8. The number of hydrogen-bond donors (Lipinski definition) is 1. The second kappa shape index (κ2) is 6.56. The third-order valence-electron chi connectivity index (χ3n) is 2.00. The van der Waals surface area contributed by atoms with E-state index in [4.69, 9.17) is 0 Å². The number of benzene rings is 1. The third-order valence-corrected chi connectivity index (χ3v) is 2.00. The summed E-state index contributed by atoms with van der Waals surface area (Å²) in [6.07, 6.45) is 3.59. The van der Waals surface area contributed by atoms with E-state index in [-0.39, 0.29) is 11.7 Å². The first-order chi connectivity index (χ1) is 7.68. The summed E-state index contributed by atoms with van der Waals surface area (Å²) in [6, 6.07) is 9.57. The first kappa shape index (κ1) is 12.2. The number of Topliss-reactive ketones (excluding diaryl/α,β-unsaturated/α-hetero) is 1. The molecule has 0 spiro atoms. The summed E-state index contributed by atoms with van der Waals surface area (Å²) in [4.78, 5) is 21.9. The molecule has 0 saturated heterocycles. The van der Waals surface area contributed by atoms with Crippen molar-refractivity contribution < 1.29 is 9.59 Å². The Hall–Kier alpha value is -1.90. The van der Waals surface area contributed by atoms with Crippen molar-refractivity contribution in [1.29, 1.82) is 0 Å². The zero-order valence-electron chi connectivity index (χ0n) is 9.27. The molecule has 1 N–H and O–H groups in total. The van der Waals surface area contributed by atoms with Crippen molar-refractivity contribution in [2.24, 2.45) is 0 Å². The van der Waals surface area contributed by atoms with Crippen molar-refractivity contribution >= 4 is 17.8 Å². The van der Waals surface area contributed by atoms with Gasteiger partial charge in [0.1, 0.15) is 5.78 Å². The summed E-state index contributed by atoms with van der Waals surface area (Å²) in [5.41, 5.74) is 0.976. The van der Waals surface area contributed by atoms with E-state index in [0.717, 1.165) is 5.56 Å². The van der Waals surface area contributed by atoms with Crippen LogP contribution in [0.25, 0.3) is 6.08 Å². The second-order valence-electron chi connectivity index (χ2n) is 3.49. The van der Waals surface area contributed by atoms with Crippen LogP contribution in [0.5, 0.6) is 0 Å². The highest BCUT2D eigenvalue weighted by Crippen LogP contribution is 2.00. The Labute approximate surface area is 95.2 Å². The molecule has 3 heteroatoms. The van der Waals surface area contributed by atoms with Gasteiger partial charge in [-0.2, -0.15) is 0 Å². The van der Waals surface area contributed by atoms with Crippen molar-refractivity contribution in [2.45, 2.75) is 13.3 Å². The highest BCUT2D eigenvalue weighted by molar-refractivity contribution is 5.91. The van der Waals surface area contributed by atoms with E-state index < -0.39 is 0 Å². The molecule has 0 radical (unpaired) electrons. The monoisotopic (exact) mass is 217 g/mol. The lowest BCUT2D eigenvalue weighted by Crippen LogP contribution is -2.23. The zero-order valence-corrected chi connectivity index (χ0v) is 9.27. The Bertz CT molecular complexity index is 382. The van der Waals surface area contributed by atoms with Gasteiger partial charge in [0.15, 0.2) is 0 Å². The fourth-order valence-corrected chi connectivity index (χ4v) is 1.16. The molecule has 0 atom stereocenters. The highest BCUT2D eigenvalue weighted by atomic mass is 16.1. The average Bonchev–Trinajstić information content (AvgIpc) is 2.27. The van der Waals surface area contributed by atoms with Crippen LogP contribution in [0.15, 0.2) is 36.4 Å². The Balaban J connectivity index is 2.34. The van der Waals surface area contributed by atoms with E-state index in [2.05, 4.69) is 5.32 Å². The molecule has 0 aliphatic rings. The average molecular weight is 217 g/mol. The highest BCUT2D eigenvalue weighted by Gasteiger charge is 1.96. The molecule has 0 saturated carbocycles. The Morgan fingerprint density at radius 1 is 1.25 bits per heavy atom. The van der Waals surface area contributed by atoms with Gasteiger partial charge in [-0.3, -0.25) is 9.59 Å². The fourth-order valence-electron chi connectivity index (χ4n) is 1.16. The molecule has 3 nitrogen and oxygen atoms in total. The van der Waals surface area contributed by atoms with Crippen LogP contribution in [0.1, 0.15) is 18.9 Å². The number of ketones is 1. The molecule has 1 amide bonds. The van der Waals surface area contributed by atoms with Gasteiger partial charge in [-0.05, 0) is 18.6 Å². The van der Waals surface area contributed by atoms with Gasteiger partial charge in [0.05, 0.1) is 0 Å². The van der Waals surface area contributed by atoms with Crippen molar-refractivity contribution in [1.82, 2.24) is 5.32 Å². The van der Waals surface area contributed by atoms with Gasteiger partial charge in [-0.1, -0.05) is 30.3 Å². The molecule has 16 heavy (non-hydrogen) atoms. The third kappa shape index (κ3) is 5.10. The molecule has 1 aromatic carbocycles. The topological polar surface area (TPSA) is 46.2 Å². The molecule has 0 aromatic heterocycles. The standard InChI is InChI=1S/C13H15NO2/c1-11(15)9-10-14-13(16)8-7-12-5-3-2-4-6-12/h2-8H,9-10H2,1H3,(H,14,16)/b8-7+. The number of carbonyl (C=O) groups is 2. The summed E-state index contributed by atoms with van der Waals surface area (Å²) in [5, 5.41) is 2.64. The molecular weight excluding hydrogens is 202 g/mol. The molecule has 0 heterocycles. The van der Waals surface area contributed by atoms with Crippen LogP contribution >= 0.6 is 0 Å². The van der Waals surface area contributed by atoms with Gasteiger partial charge in [-0.25, -0.2) is 0 Å². The van der Waals surface area contributed by atoms with E-state index in [9.17, 15) is 9.59 Å². The van der Waals surface area contributed by atoms with E-state index in [1.54, 1.807) is 6.08 Å². The molecule has 1 aromatic rings. The number of amides is 1. The molecule has 0 fully saturated rings. The van der Waals surface area contributed by atoms with Crippen LogP contribution in [-0.2, 0) is 9.59 Å².